The van der Waals surface area contributed by atoms with Gasteiger partial charge in [0.25, 0.3) is 0 Å². The van der Waals surface area contributed by atoms with E-state index in [-0.39, 0.29) is 0 Å². The van der Waals surface area contributed by atoms with Crippen LogP contribution >= 0.6 is 11.3 Å². The molecule has 0 aromatic carbocycles. The average molecular weight is 268 g/mol. The van der Waals surface area contributed by atoms with Crippen molar-refractivity contribution in [1.82, 2.24) is 4.98 Å². The Morgan fingerprint density at radius 3 is 2.61 bits per heavy atom. The molecule has 0 atom stereocenters. The highest BCUT2D eigenvalue weighted by Crippen LogP contribution is 2.39. The largest absolute Gasteiger partial charge is 0.378 e. The first-order chi connectivity index (χ1) is 8.78. The van der Waals surface area contributed by atoms with Gasteiger partial charge in [0.1, 0.15) is 0 Å². The van der Waals surface area contributed by atoms with Gasteiger partial charge in [-0.1, -0.05) is 13.3 Å². The molecule has 1 fully saturated rings. The van der Waals surface area contributed by atoms with Crippen LogP contribution in [-0.2, 0) is 17.9 Å². The van der Waals surface area contributed by atoms with Gasteiger partial charge in [-0.25, -0.2) is 4.98 Å². The van der Waals surface area contributed by atoms with Crippen LogP contribution in [0.5, 0.6) is 0 Å². The standard InChI is InChI=1S/C14H24N2OS/c1-3-10-4-6-11(7-5-10)14-16-12(9-17-2)13(8-15)18-14/h10-11H,3-9,15H2,1-2H3. The molecule has 0 saturated heterocycles. The molecule has 1 aromatic rings. The Balaban J connectivity index is 2.05. The first-order valence-corrected chi connectivity index (χ1v) is 7.77. The lowest BCUT2D eigenvalue weighted by Gasteiger charge is -2.26. The Bertz CT molecular complexity index is 370. The topological polar surface area (TPSA) is 48.1 Å². The summed E-state index contributed by atoms with van der Waals surface area (Å²) in [4.78, 5) is 5.96. The van der Waals surface area contributed by atoms with E-state index in [1.807, 2.05) is 0 Å². The molecule has 0 amide bonds. The van der Waals surface area contributed by atoms with Gasteiger partial charge in [-0.3, -0.25) is 0 Å². The Morgan fingerprint density at radius 1 is 1.33 bits per heavy atom. The SMILES string of the molecule is CCC1CCC(c2nc(COC)c(CN)s2)CC1. The van der Waals surface area contributed by atoms with Crippen molar-refractivity contribution in [3.63, 3.8) is 0 Å². The number of methoxy groups -OCH3 is 1. The first-order valence-electron chi connectivity index (χ1n) is 6.95. The molecule has 0 bridgehead atoms. The molecule has 0 radical (unpaired) electrons. The number of nitrogens with two attached hydrogens (primary N) is 1. The molecule has 1 aromatic heterocycles. The third kappa shape index (κ3) is 3.11. The molecule has 1 aliphatic carbocycles. The van der Waals surface area contributed by atoms with E-state index in [1.165, 1.54) is 42.0 Å². The zero-order valence-corrected chi connectivity index (χ0v) is 12.3. The molecule has 18 heavy (non-hydrogen) atoms. The summed E-state index contributed by atoms with van der Waals surface area (Å²) in [6.45, 7) is 3.48. The van der Waals surface area contributed by atoms with Crippen LogP contribution in [0.25, 0.3) is 0 Å². The van der Waals surface area contributed by atoms with Crippen LogP contribution in [0, 0.1) is 5.92 Å². The van der Waals surface area contributed by atoms with E-state index < -0.39 is 0 Å². The van der Waals surface area contributed by atoms with Crippen molar-refractivity contribution in [2.75, 3.05) is 7.11 Å². The third-order valence-electron chi connectivity index (χ3n) is 4.03. The van der Waals surface area contributed by atoms with Crippen LogP contribution in [0.4, 0.5) is 0 Å². The molecular formula is C14H24N2OS. The van der Waals surface area contributed by atoms with Gasteiger partial charge in [0.15, 0.2) is 0 Å². The lowest BCUT2D eigenvalue weighted by Crippen LogP contribution is -2.12. The maximum Gasteiger partial charge on any atom is 0.0963 e. The van der Waals surface area contributed by atoms with E-state index in [4.69, 9.17) is 15.5 Å². The van der Waals surface area contributed by atoms with Crippen molar-refractivity contribution in [2.24, 2.45) is 11.7 Å². The minimum atomic E-state index is 0.584. The summed E-state index contributed by atoms with van der Waals surface area (Å²) < 4.78 is 5.19. The minimum Gasteiger partial charge on any atom is -0.378 e. The number of rotatable bonds is 5. The number of aromatic nitrogens is 1. The average Bonchev–Trinajstić information content (AvgIpc) is 2.82. The summed E-state index contributed by atoms with van der Waals surface area (Å²) in [5.74, 6) is 1.60. The Labute approximate surface area is 114 Å². The highest BCUT2D eigenvalue weighted by Gasteiger charge is 2.24. The van der Waals surface area contributed by atoms with Crippen molar-refractivity contribution in [3.8, 4) is 0 Å². The van der Waals surface area contributed by atoms with E-state index in [0.29, 0.717) is 19.1 Å². The summed E-state index contributed by atoms with van der Waals surface area (Å²) in [5, 5.41) is 1.29. The molecular weight excluding hydrogens is 244 g/mol. The first kappa shape index (κ1) is 14.0. The van der Waals surface area contributed by atoms with Crippen molar-refractivity contribution < 1.29 is 4.74 Å². The maximum absolute atomic E-state index is 5.78. The molecule has 1 aliphatic rings. The van der Waals surface area contributed by atoms with Gasteiger partial charge in [0.2, 0.25) is 0 Å². The Hall–Kier alpha value is -0.450. The van der Waals surface area contributed by atoms with Gasteiger partial charge in [0, 0.05) is 24.4 Å². The molecule has 1 heterocycles. The van der Waals surface area contributed by atoms with Gasteiger partial charge in [0.05, 0.1) is 17.3 Å². The number of hydrogen-bond acceptors (Lipinski definition) is 4. The summed E-state index contributed by atoms with van der Waals surface area (Å²) in [7, 11) is 1.71. The van der Waals surface area contributed by atoms with E-state index in [9.17, 15) is 0 Å². The molecule has 2 rings (SSSR count). The van der Waals surface area contributed by atoms with Crippen LogP contribution < -0.4 is 5.73 Å². The Kier molecular flexibility index (Phi) is 5.15. The summed E-state index contributed by atoms with van der Waals surface area (Å²) in [5.41, 5.74) is 6.84. The molecule has 2 N–H and O–H groups in total. The summed E-state index contributed by atoms with van der Waals surface area (Å²) in [6.07, 6.45) is 6.63. The van der Waals surface area contributed by atoms with Crippen molar-refractivity contribution in [3.05, 3.63) is 15.6 Å². The second-order valence-corrected chi connectivity index (χ2v) is 6.30. The van der Waals surface area contributed by atoms with Crippen LogP contribution in [-0.4, -0.2) is 12.1 Å². The fourth-order valence-corrected chi connectivity index (χ4v) is 3.92. The second-order valence-electron chi connectivity index (χ2n) is 5.19. The summed E-state index contributed by atoms with van der Waals surface area (Å²) >= 11 is 1.80. The number of ether oxygens (including phenoxy) is 1. The minimum absolute atomic E-state index is 0.584. The van der Waals surface area contributed by atoms with Gasteiger partial charge in [-0.05, 0) is 31.6 Å². The van der Waals surface area contributed by atoms with Crippen molar-refractivity contribution in [2.45, 2.75) is 58.1 Å². The zero-order chi connectivity index (χ0) is 13.0. The maximum atomic E-state index is 5.78. The molecule has 0 unspecified atom stereocenters. The van der Waals surface area contributed by atoms with Crippen molar-refractivity contribution in [1.29, 1.82) is 0 Å². The quantitative estimate of drug-likeness (QED) is 0.890. The second kappa shape index (κ2) is 6.64. The number of hydrogen-bond donors (Lipinski definition) is 1. The highest BCUT2D eigenvalue weighted by atomic mass is 32.1. The lowest BCUT2D eigenvalue weighted by atomic mass is 9.81. The van der Waals surface area contributed by atoms with E-state index in [2.05, 4.69) is 6.92 Å². The molecule has 102 valence electrons. The zero-order valence-electron chi connectivity index (χ0n) is 11.4. The van der Waals surface area contributed by atoms with Crippen LogP contribution in [0.3, 0.4) is 0 Å². The van der Waals surface area contributed by atoms with Crippen LogP contribution in [0.2, 0.25) is 0 Å². The van der Waals surface area contributed by atoms with Gasteiger partial charge < -0.3 is 10.5 Å². The van der Waals surface area contributed by atoms with Gasteiger partial charge >= 0.3 is 0 Å². The normalized spacial score (nSPS) is 24.4. The van der Waals surface area contributed by atoms with E-state index in [0.717, 1.165) is 11.6 Å². The lowest BCUT2D eigenvalue weighted by molar-refractivity contribution is 0.181. The molecule has 0 spiro atoms. The van der Waals surface area contributed by atoms with Gasteiger partial charge in [-0.15, -0.1) is 11.3 Å². The number of nitrogens with zero attached hydrogens (tertiary/aromatic N) is 1. The third-order valence-corrected chi connectivity index (χ3v) is 5.32. The number of thiazole rings is 1. The fraction of sp³-hybridized carbons (Fsp3) is 0.786. The molecule has 3 nitrogen and oxygen atoms in total. The van der Waals surface area contributed by atoms with E-state index >= 15 is 0 Å². The van der Waals surface area contributed by atoms with Crippen LogP contribution in [0.1, 0.15) is 60.5 Å². The molecule has 0 aliphatic heterocycles. The predicted octanol–water partition coefficient (Wildman–Crippen LogP) is 3.43. The highest BCUT2D eigenvalue weighted by molar-refractivity contribution is 7.11. The van der Waals surface area contributed by atoms with E-state index in [1.54, 1.807) is 18.4 Å². The monoisotopic (exact) mass is 268 g/mol. The molecule has 1 saturated carbocycles. The summed E-state index contributed by atoms with van der Waals surface area (Å²) in [6, 6.07) is 0. The molecule has 4 heteroatoms. The van der Waals surface area contributed by atoms with Crippen molar-refractivity contribution >= 4 is 11.3 Å². The predicted molar refractivity (Wildman–Crippen MR) is 75.7 cm³/mol. The van der Waals surface area contributed by atoms with Crippen LogP contribution in [0.15, 0.2) is 0 Å². The van der Waals surface area contributed by atoms with Gasteiger partial charge in [-0.2, -0.15) is 0 Å². The smallest absolute Gasteiger partial charge is 0.0963 e. The Morgan fingerprint density at radius 2 is 2.06 bits per heavy atom. The fourth-order valence-electron chi connectivity index (χ4n) is 2.80.